The highest BCUT2D eigenvalue weighted by atomic mass is 19.2. The van der Waals surface area contributed by atoms with Crippen LogP contribution in [0.3, 0.4) is 0 Å². The van der Waals surface area contributed by atoms with Crippen molar-refractivity contribution < 1.29 is 23.0 Å². The van der Waals surface area contributed by atoms with Crippen LogP contribution in [0.15, 0.2) is 0 Å². The number of hydrogen-bond donors (Lipinski definition) is 0. The quantitative estimate of drug-likeness (QED) is 0.375. The fourth-order valence-corrected chi connectivity index (χ4v) is 0.447. The summed E-state index contributed by atoms with van der Waals surface area (Å²) in [5.41, 5.74) is 0. The standard InChI is InChI=1S/C5H2F2O3/c1-2-5(7)3(6)9-4(8)10-5/h1,3H. The molecule has 0 spiro atoms. The van der Waals surface area contributed by atoms with Crippen molar-refractivity contribution in [2.24, 2.45) is 0 Å². The predicted octanol–water partition coefficient (Wildman–Crippen LogP) is 0.748. The van der Waals surface area contributed by atoms with Crippen LogP contribution in [0.25, 0.3) is 0 Å². The topological polar surface area (TPSA) is 35.5 Å². The smallest absolute Gasteiger partial charge is 0.391 e. The molecule has 1 rings (SSSR count). The molecule has 2 unspecified atom stereocenters. The number of hydrogen-bond acceptors (Lipinski definition) is 3. The molecule has 1 saturated heterocycles. The lowest BCUT2D eigenvalue weighted by molar-refractivity contribution is -0.0911. The molecule has 0 radical (unpaired) electrons. The Labute approximate surface area is 54.9 Å². The lowest BCUT2D eigenvalue weighted by Gasteiger charge is -2.07. The van der Waals surface area contributed by atoms with Crippen LogP contribution < -0.4 is 0 Å². The molecule has 1 aliphatic rings. The summed E-state index contributed by atoms with van der Waals surface area (Å²) in [5, 5.41) is 0. The van der Waals surface area contributed by atoms with Crippen LogP contribution in [0.5, 0.6) is 0 Å². The van der Waals surface area contributed by atoms with Crippen molar-refractivity contribution in [2.75, 3.05) is 0 Å². The number of carbonyl (C=O) groups excluding carboxylic acids is 1. The summed E-state index contributed by atoms with van der Waals surface area (Å²) in [6.07, 6.45) is 0.538. The molecule has 0 N–H and O–H groups in total. The predicted molar refractivity (Wildman–Crippen MR) is 25.1 cm³/mol. The van der Waals surface area contributed by atoms with Crippen LogP contribution in [0.4, 0.5) is 13.6 Å². The van der Waals surface area contributed by atoms with Gasteiger partial charge in [-0.05, 0) is 5.92 Å². The first kappa shape index (κ1) is 6.81. The normalized spacial score (nSPS) is 38.1. The molecule has 0 aromatic carbocycles. The number of alkyl halides is 2. The molecule has 2 atom stereocenters. The van der Waals surface area contributed by atoms with Gasteiger partial charge in [0.1, 0.15) is 0 Å². The van der Waals surface area contributed by atoms with E-state index in [1.165, 1.54) is 5.92 Å². The van der Waals surface area contributed by atoms with Gasteiger partial charge in [-0.25, -0.2) is 4.79 Å². The third-order valence-corrected chi connectivity index (χ3v) is 0.920. The SMILES string of the molecule is C#CC1(F)OC(=O)OC1F. The Hall–Kier alpha value is -1.31. The van der Waals surface area contributed by atoms with E-state index in [9.17, 15) is 13.6 Å². The van der Waals surface area contributed by atoms with Crippen molar-refractivity contribution in [3.05, 3.63) is 0 Å². The Bertz CT molecular complexity index is 209. The summed E-state index contributed by atoms with van der Waals surface area (Å²) in [6.45, 7) is 0. The maximum Gasteiger partial charge on any atom is 0.514 e. The number of carbonyl (C=O) groups is 1. The second kappa shape index (κ2) is 1.84. The summed E-state index contributed by atoms with van der Waals surface area (Å²) < 4.78 is 31.9. The van der Waals surface area contributed by atoms with Crippen LogP contribution in [0.2, 0.25) is 0 Å². The second-order valence-electron chi connectivity index (χ2n) is 1.58. The summed E-state index contributed by atoms with van der Waals surface area (Å²) in [5.74, 6) is -1.73. The summed E-state index contributed by atoms with van der Waals surface area (Å²) in [6, 6.07) is 0. The van der Waals surface area contributed by atoms with Crippen LogP contribution in [-0.2, 0) is 9.47 Å². The Kier molecular flexibility index (Phi) is 1.25. The maximum absolute atomic E-state index is 12.5. The molecule has 3 nitrogen and oxygen atoms in total. The number of terminal acetylenes is 1. The van der Waals surface area contributed by atoms with Crippen LogP contribution >= 0.6 is 0 Å². The molecule has 54 valence electrons. The summed E-state index contributed by atoms with van der Waals surface area (Å²) >= 11 is 0. The zero-order chi connectivity index (χ0) is 7.78. The Morgan fingerprint density at radius 1 is 1.80 bits per heavy atom. The lowest BCUT2D eigenvalue weighted by Crippen LogP contribution is -2.29. The van der Waals surface area contributed by atoms with E-state index in [2.05, 4.69) is 15.9 Å². The van der Waals surface area contributed by atoms with Gasteiger partial charge in [-0.2, -0.15) is 8.78 Å². The average Bonchev–Trinajstić information content (AvgIpc) is 2.09. The monoisotopic (exact) mass is 148 g/mol. The molecular weight excluding hydrogens is 146 g/mol. The third-order valence-electron chi connectivity index (χ3n) is 0.920. The van der Waals surface area contributed by atoms with Gasteiger partial charge >= 0.3 is 18.4 Å². The first-order chi connectivity index (χ1) is 4.58. The van der Waals surface area contributed by atoms with Crippen LogP contribution in [0, 0.1) is 12.3 Å². The van der Waals surface area contributed by atoms with Gasteiger partial charge in [0.05, 0.1) is 0 Å². The first-order valence-electron chi connectivity index (χ1n) is 2.29. The van der Waals surface area contributed by atoms with Crippen molar-refractivity contribution in [2.45, 2.75) is 12.2 Å². The average molecular weight is 148 g/mol. The third kappa shape index (κ3) is 0.778. The minimum Gasteiger partial charge on any atom is -0.391 e. The Balaban J connectivity index is 2.83. The van der Waals surface area contributed by atoms with E-state index >= 15 is 0 Å². The molecule has 0 aromatic heterocycles. The highest BCUT2D eigenvalue weighted by Crippen LogP contribution is 2.28. The number of rotatable bonds is 0. The molecule has 0 aromatic rings. The van der Waals surface area contributed by atoms with E-state index in [1.807, 2.05) is 0 Å². The van der Waals surface area contributed by atoms with E-state index in [0.717, 1.165) is 0 Å². The minimum absolute atomic E-state index is 1.31. The van der Waals surface area contributed by atoms with Gasteiger partial charge in [0.25, 0.3) is 0 Å². The number of ether oxygens (including phenoxy) is 2. The molecule has 5 heteroatoms. The van der Waals surface area contributed by atoms with Gasteiger partial charge in [0, 0.05) is 0 Å². The van der Waals surface area contributed by atoms with Gasteiger partial charge in [0.2, 0.25) is 0 Å². The molecule has 1 aliphatic heterocycles. The van der Waals surface area contributed by atoms with Crippen LogP contribution in [0.1, 0.15) is 0 Å². The summed E-state index contributed by atoms with van der Waals surface area (Å²) in [7, 11) is 0. The van der Waals surface area contributed by atoms with Gasteiger partial charge < -0.3 is 9.47 Å². The second-order valence-corrected chi connectivity index (χ2v) is 1.58. The van der Waals surface area contributed by atoms with E-state index in [1.54, 1.807) is 0 Å². The highest BCUT2D eigenvalue weighted by Gasteiger charge is 2.52. The summed E-state index contributed by atoms with van der Waals surface area (Å²) in [4.78, 5) is 10.0. The molecule has 0 amide bonds. The van der Waals surface area contributed by atoms with Crippen LogP contribution in [-0.4, -0.2) is 18.4 Å². The van der Waals surface area contributed by atoms with Gasteiger partial charge in [-0.3, -0.25) is 0 Å². The Morgan fingerprint density at radius 3 is 2.60 bits per heavy atom. The van der Waals surface area contributed by atoms with Crippen molar-refractivity contribution in [3.8, 4) is 12.3 Å². The van der Waals surface area contributed by atoms with E-state index < -0.39 is 18.4 Å². The molecule has 1 heterocycles. The van der Waals surface area contributed by atoms with E-state index in [4.69, 9.17) is 0 Å². The first-order valence-corrected chi connectivity index (χ1v) is 2.29. The minimum atomic E-state index is -3.04. The molecule has 0 bridgehead atoms. The fraction of sp³-hybridized carbons (Fsp3) is 0.400. The molecule has 0 saturated carbocycles. The molecule has 1 fully saturated rings. The molecular formula is C5H2F2O3. The van der Waals surface area contributed by atoms with E-state index in [-0.39, 0.29) is 0 Å². The van der Waals surface area contributed by atoms with E-state index in [0.29, 0.717) is 0 Å². The largest absolute Gasteiger partial charge is 0.514 e. The zero-order valence-electron chi connectivity index (χ0n) is 4.64. The van der Waals surface area contributed by atoms with Gasteiger partial charge in [-0.15, -0.1) is 6.42 Å². The van der Waals surface area contributed by atoms with Gasteiger partial charge in [0.15, 0.2) is 0 Å². The lowest BCUT2D eigenvalue weighted by atomic mass is 10.3. The van der Waals surface area contributed by atoms with Crippen molar-refractivity contribution in [3.63, 3.8) is 0 Å². The fourth-order valence-electron chi connectivity index (χ4n) is 0.447. The van der Waals surface area contributed by atoms with Crippen molar-refractivity contribution in [1.82, 2.24) is 0 Å². The number of halogens is 2. The maximum atomic E-state index is 12.5. The highest BCUT2D eigenvalue weighted by molar-refractivity contribution is 5.63. The molecule has 10 heavy (non-hydrogen) atoms. The van der Waals surface area contributed by atoms with Crippen molar-refractivity contribution >= 4 is 6.16 Å². The number of cyclic esters (lactones) is 2. The zero-order valence-corrected chi connectivity index (χ0v) is 4.64. The molecule has 0 aliphatic carbocycles. The van der Waals surface area contributed by atoms with Crippen molar-refractivity contribution in [1.29, 1.82) is 0 Å². The Morgan fingerprint density at radius 2 is 2.40 bits per heavy atom. The van der Waals surface area contributed by atoms with Gasteiger partial charge in [-0.1, -0.05) is 0 Å².